The highest BCUT2D eigenvalue weighted by Gasteiger charge is 2.30. The maximum atomic E-state index is 12.2. The van der Waals surface area contributed by atoms with E-state index in [9.17, 15) is 4.79 Å². The lowest BCUT2D eigenvalue weighted by Crippen LogP contribution is -2.51. The van der Waals surface area contributed by atoms with E-state index in [0.717, 1.165) is 44.7 Å². The summed E-state index contributed by atoms with van der Waals surface area (Å²) in [6.45, 7) is 4.12. The normalized spacial score (nSPS) is 24.4. The number of likely N-dealkylation sites (tertiary alicyclic amines) is 1. The summed E-state index contributed by atoms with van der Waals surface area (Å²) in [4.78, 5) is 14.3. The third kappa shape index (κ3) is 4.20. The van der Waals surface area contributed by atoms with Gasteiger partial charge in [0.15, 0.2) is 0 Å². The topological polar surface area (TPSA) is 32.3 Å². The van der Waals surface area contributed by atoms with Crippen molar-refractivity contribution in [2.24, 2.45) is 5.92 Å². The van der Waals surface area contributed by atoms with Crippen LogP contribution in [0.25, 0.3) is 0 Å². The molecule has 2 fully saturated rings. The highest BCUT2D eigenvalue weighted by Crippen LogP contribution is 2.28. The molecule has 1 aliphatic heterocycles. The molecular weight excluding hydrogens is 236 g/mol. The fourth-order valence-corrected chi connectivity index (χ4v) is 3.46. The third-order valence-corrected chi connectivity index (χ3v) is 5.31. The maximum absolute atomic E-state index is 12.2. The minimum atomic E-state index is 0.236. The van der Waals surface area contributed by atoms with E-state index in [4.69, 9.17) is 0 Å². The number of piperidine rings is 1. The molecule has 1 amide bonds. The second kappa shape index (κ2) is 6.74. The van der Waals surface area contributed by atoms with Gasteiger partial charge in [-0.25, -0.2) is 0 Å². The maximum Gasteiger partial charge on any atom is 0.222 e. The number of carbonyl (C=O) groups is 1. The van der Waals surface area contributed by atoms with Crippen LogP contribution in [0.15, 0.2) is 0 Å². The molecule has 1 aliphatic carbocycles. The Hall–Kier alpha value is -0.570. The molecule has 3 nitrogen and oxygen atoms in total. The van der Waals surface area contributed by atoms with Crippen molar-refractivity contribution in [3.8, 4) is 0 Å². The third-order valence-electron chi connectivity index (χ3n) is 5.31. The molecule has 1 saturated heterocycles. The standard InChI is InChI=1S/C16H30N2O/c1-16(17-2)10-12-18(13-11-16)15(19)9-8-14-6-4-3-5-7-14/h14,17H,3-13H2,1-2H3. The Kier molecular flexibility index (Phi) is 5.26. The molecular formula is C16H30N2O. The molecule has 1 saturated carbocycles. The second-order valence-electron chi connectivity index (χ2n) is 6.73. The van der Waals surface area contributed by atoms with E-state index in [1.165, 1.54) is 32.1 Å². The van der Waals surface area contributed by atoms with Gasteiger partial charge in [0.1, 0.15) is 0 Å². The number of hydrogen-bond acceptors (Lipinski definition) is 2. The van der Waals surface area contributed by atoms with Crippen LogP contribution in [0.3, 0.4) is 0 Å². The summed E-state index contributed by atoms with van der Waals surface area (Å²) in [5, 5.41) is 3.39. The summed E-state index contributed by atoms with van der Waals surface area (Å²) >= 11 is 0. The fourth-order valence-electron chi connectivity index (χ4n) is 3.46. The van der Waals surface area contributed by atoms with Gasteiger partial charge in [-0.2, -0.15) is 0 Å². The van der Waals surface area contributed by atoms with Crippen molar-refractivity contribution in [1.82, 2.24) is 10.2 Å². The number of nitrogens with zero attached hydrogens (tertiary/aromatic N) is 1. The van der Waals surface area contributed by atoms with E-state index in [1.54, 1.807) is 0 Å². The van der Waals surface area contributed by atoms with Crippen LogP contribution < -0.4 is 5.32 Å². The van der Waals surface area contributed by atoms with E-state index in [-0.39, 0.29) is 5.54 Å². The lowest BCUT2D eigenvalue weighted by atomic mass is 9.85. The highest BCUT2D eigenvalue weighted by molar-refractivity contribution is 5.76. The summed E-state index contributed by atoms with van der Waals surface area (Å²) in [5.41, 5.74) is 0.236. The molecule has 3 heteroatoms. The van der Waals surface area contributed by atoms with Gasteiger partial charge in [-0.15, -0.1) is 0 Å². The lowest BCUT2D eigenvalue weighted by Gasteiger charge is -2.39. The molecule has 19 heavy (non-hydrogen) atoms. The molecule has 1 heterocycles. The summed E-state index contributed by atoms with van der Waals surface area (Å²) in [5.74, 6) is 1.22. The van der Waals surface area contributed by atoms with E-state index in [2.05, 4.69) is 17.1 Å². The highest BCUT2D eigenvalue weighted by atomic mass is 16.2. The molecule has 0 aromatic heterocycles. The molecule has 110 valence electrons. The van der Waals surface area contributed by atoms with Gasteiger partial charge in [0.05, 0.1) is 0 Å². The molecule has 0 aromatic rings. The average Bonchev–Trinajstić information content (AvgIpc) is 2.47. The van der Waals surface area contributed by atoms with Crippen LogP contribution >= 0.6 is 0 Å². The molecule has 0 aromatic carbocycles. The Labute approximate surface area is 118 Å². The molecule has 0 spiro atoms. The van der Waals surface area contributed by atoms with Gasteiger partial charge < -0.3 is 10.2 Å². The van der Waals surface area contributed by atoms with Gasteiger partial charge >= 0.3 is 0 Å². The zero-order valence-corrected chi connectivity index (χ0v) is 12.7. The molecule has 0 bridgehead atoms. The Balaban J connectivity index is 1.69. The van der Waals surface area contributed by atoms with Crippen molar-refractivity contribution in [3.05, 3.63) is 0 Å². The second-order valence-corrected chi connectivity index (χ2v) is 6.73. The SMILES string of the molecule is CNC1(C)CCN(C(=O)CCC2CCCCC2)CC1. The van der Waals surface area contributed by atoms with Crippen molar-refractivity contribution < 1.29 is 4.79 Å². The molecule has 2 rings (SSSR count). The molecule has 0 unspecified atom stereocenters. The molecule has 2 aliphatic rings. The Morgan fingerprint density at radius 3 is 2.42 bits per heavy atom. The predicted octanol–water partition coefficient (Wildman–Crippen LogP) is 2.95. The zero-order chi connectivity index (χ0) is 13.7. The monoisotopic (exact) mass is 266 g/mol. The number of nitrogens with one attached hydrogen (secondary N) is 1. The van der Waals surface area contributed by atoms with E-state index < -0.39 is 0 Å². The van der Waals surface area contributed by atoms with Crippen molar-refractivity contribution in [3.63, 3.8) is 0 Å². The Morgan fingerprint density at radius 2 is 1.84 bits per heavy atom. The van der Waals surface area contributed by atoms with Crippen LogP contribution in [0, 0.1) is 5.92 Å². The van der Waals surface area contributed by atoms with Crippen molar-refractivity contribution in [2.45, 2.75) is 70.3 Å². The summed E-state index contributed by atoms with van der Waals surface area (Å²) in [6.07, 6.45) is 10.9. The van der Waals surface area contributed by atoms with Crippen LogP contribution in [0.2, 0.25) is 0 Å². The van der Waals surface area contributed by atoms with E-state index in [0.29, 0.717) is 5.91 Å². The van der Waals surface area contributed by atoms with E-state index >= 15 is 0 Å². The van der Waals surface area contributed by atoms with Crippen LogP contribution in [0.4, 0.5) is 0 Å². The fraction of sp³-hybridized carbons (Fsp3) is 0.938. The Bertz CT molecular complexity index is 289. The zero-order valence-electron chi connectivity index (χ0n) is 12.7. The first-order chi connectivity index (χ1) is 9.13. The van der Waals surface area contributed by atoms with Crippen LogP contribution in [-0.2, 0) is 4.79 Å². The van der Waals surface area contributed by atoms with Crippen molar-refractivity contribution in [1.29, 1.82) is 0 Å². The first kappa shape index (κ1) is 14.8. The molecule has 0 radical (unpaired) electrons. The van der Waals surface area contributed by atoms with Gasteiger partial charge in [0.25, 0.3) is 0 Å². The van der Waals surface area contributed by atoms with Gasteiger partial charge in [-0.05, 0) is 39.2 Å². The largest absolute Gasteiger partial charge is 0.343 e. The minimum Gasteiger partial charge on any atom is -0.343 e. The number of carbonyl (C=O) groups excluding carboxylic acids is 1. The Morgan fingerprint density at radius 1 is 1.21 bits per heavy atom. The number of amides is 1. The van der Waals surface area contributed by atoms with Crippen molar-refractivity contribution >= 4 is 5.91 Å². The van der Waals surface area contributed by atoms with Gasteiger partial charge in [0, 0.05) is 25.0 Å². The summed E-state index contributed by atoms with van der Waals surface area (Å²) in [6, 6.07) is 0. The van der Waals surface area contributed by atoms with Crippen LogP contribution in [0.1, 0.15) is 64.7 Å². The quantitative estimate of drug-likeness (QED) is 0.848. The average molecular weight is 266 g/mol. The number of rotatable bonds is 4. The first-order valence-electron chi connectivity index (χ1n) is 8.10. The molecule has 1 N–H and O–H groups in total. The van der Waals surface area contributed by atoms with Crippen LogP contribution in [-0.4, -0.2) is 36.5 Å². The lowest BCUT2D eigenvalue weighted by molar-refractivity contribution is -0.133. The minimum absolute atomic E-state index is 0.236. The van der Waals surface area contributed by atoms with Crippen LogP contribution in [0.5, 0.6) is 0 Å². The summed E-state index contributed by atoms with van der Waals surface area (Å²) < 4.78 is 0. The van der Waals surface area contributed by atoms with E-state index in [1.807, 2.05) is 7.05 Å². The molecule has 0 atom stereocenters. The summed E-state index contributed by atoms with van der Waals surface area (Å²) in [7, 11) is 2.03. The van der Waals surface area contributed by atoms with Gasteiger partial charge in [-0.3, -0.25) is 4.79 Å². The first-order valence-corrected chi connectivity index (χ1v) is 8.10. The smallest absolute Gasteiger partial charge is 0.222 e. The van der Waals surface area contributed by atoms with Crippen molar-refractivity contribution in [2.75, 3.05) is 20.1 Å². The van der Waals surface area contributed by atoms with Gasteiger partial charge in [0.2, 0.25) is 5.91 Å². The predicted molar refractivity (Wildman–Crippen MR) is 79.1 cm³/mol. The van der Waals surface area contributed by atoms with Gasteiger partial charge in [-0.1, -0.05) is 32.1 Å². The number of hydrogen-bond donors (Lipinski definition) is 1.